The number of amides is 1. The van der Waals surface area contributed by atoms with Crippen LogP contribution in [0.4, 0.5) is 5.95 Å². The van der Waals surface area contributed by atoms with Gasteiger partial charge in [-0.3, -0.25) is 9.59 Å². The Labute approximate surface area is 147 Å². The van der Waals surface area contributed by atoms with Crippen molar-refractivity contribution in [2.75, 3.05) is 5.73 Å². The number of aromatic nitrogens is 2. The molecular weight excluding hydrogens is 316 g/mol. The average molecular weight is 338 g/mol. The topological polar surface area (TPSA) is 89.2 Å². The predicted octanol–water partition coefficient (Wildman–Crippen LogP) is 2.81. The predicted molar refractivity (Wildman–Crippen MR) is 95.5 cm³/mol. The van der Waals surface area contributed by atoms with E-state index in [2.05, 4.69) is 9.97 Å². The van der Waals surface area contributed by atoms with Gasteiger partial charge < -0.3 is 10.6 Å². The van der Waals surface area contributed by atoms with Gasteiger partial charge in [-0.25, -0.2) is 9.97 Å². The lowest BCUT2D eigenvalue weighted by Crippen LogP contribution is -2.34. The van der Waals surface area contributed by atoms with Crippen molar-refractivity contribution in [3.8, 4) is 11.3 Å². The van der Waals surface area contributed by atoms with Crippen LogP contribution in [0.3, 0.4) is 0 Å². The Hall–Kier alpha value is -2.76. The van der Waals surface area contributed by atoms with Crippen LogP contribution in [0.5, 0.6) is 0 Å². The van der Waals surface area contributed by atoms with Gasteiger partial charge in [-0.1, -0.05) is 30.7 Å². The van der Waals surface area contributed by atoms with Crippen LogP contribution in [0.1, 0.15) is 49.6 Å². The fraction of sp³-hybridized carbons (Fsp3) is 0.368. The number of carbonyl (C=O) groups is 2. The van der Waals surface area contributed by atoms with E-state index in [-0.39, 0.29) is 24.2 Å². The third kappa shape index (κ3) is 3.12. The summed E-state index contributed by atoms with van der Waals surface area (Å²) in [5.41, 5.74) is 10.3. The minimum atomic E-state index is -0.457. The summed E-state index contributed by atoms with van der Waals surface area (Å²) in [4.78, 5) is 34.9. The molecule has 2 N–H and O–H groups in total. The second-order valence-electron chi connectivity index (χ2n) is 6.45. The summed E-state index contributed by atoms with van der Waals surface area (Å²) in [5.74, 6) is -0.641. The first-order valence-corrected chi connectivity index (χ1v) is 8.49. The highest BCUT2D eigenvalue weighted by atomic mass is 16.2. The van der Waals surface area contributed by atoms with Gasteiger partial charge in [0.15, 0.2) is 0 Å². The lowest BCUT2D eigenvalue weighted by Gasteiger charge is -2.20. The van der Waals surface area contributed by atoms with E-state index < -0.39 is 5.91 Å². The molecule has 0 radical (unpaired) electrons. The molecule has 0 bridgehead atoms. The zero-order valence-electron chi connectivity index (χ0n) is 14.7. The molecule has 2 heterocycles. The Kier molecular flexibility index (Phi) is 4.53. The number of Topliss-reactive ketones (excluding diaryl/α,β-unsaturated/α-hetero) is 1. The fourth-order valence-electron chi connectivity index (χ4n) is 3.25. The molecule has 2 aromatic rings. The molecule has 0 saturated heterocycles. The molecule has 1 amide bonds. The molecule has 0 fully saturated rings. The maximum atomic E-state index is 12.5. The number of hydrogen-bond donors (Lipinski definition) is 1. The highest BCUT2D eigenvalue weighted by molar-refractivity contribution is 6.36. The summed E-state index contributed by atoms with van der Waals surface area (Å²) >= 11 is 0. The van der Waals surface area contributed by atoms with Gasteiger partial charge in [0.25, 0.3) is 5.91 Å². The van der Waals surface area contributed by atoms with E-state index >= 15 is 0 Å². The zero-order valence-corrected chi connectivity index (χ0v) is 14.7. The molecule has 130 valence electrons. The molecule has 1 aromatic heterocycles. The smallest absolute Gasteiger partial charge is 0.290 e. The normalized spacial score (nSPS) is 16.0. The molecule has 0 saturated carbocycles. The van der Waals surface area contributed by atoms with Gasteiger partial charge in [-0.2, -0.15) is 0 Å². The van der Waals surface area contributed by atoms with Crippen LogP contribution < -0.4 is 5.73 Å². The highest BCUT2D eigenvalue weighted by Crippen LogP contribution is 2.37. The lowest BCUT2D eigenvalue weighted by molar-refractivity contribution is -0.146. The molecule has 25 heavy (non-hydrogen) atoms. The van der Waals surface area contributed by atoms with Gasteiger partial charge in [0.1, 0.15) is 0 Å². The summed E-state index contributed by atoms with van der Waals surface area (Å²) < 4.78 is 0. The van der Waals surface area contributed by atoms with Crippen LogP contribution in [0.2, 0.25) is 0 Å². The number of nitrogen functional groups attached to an aromatic ring is 1. The largest absolute Gasteiger partial charge is 0.368 e. The second kappa shape index (κ2) is 6.63. The molecule has 6 nitrogen and oxygen atoms in total. The Morgan fingerprint density at radius 2 is 2.08 bits per heavy atom. The number of aryl methyl sites for hydroxylation is 1. The third-order valence-electron chi connectivity index (χ3n) is 4.52. The first-order chi connectivity index (χ1) is 11.9. The van der Waals surface area contributed by atoms with Crippen molar-refractivity contribution in [2.24, 2.45) is 0 Å². The maximum Gasteiger partial charge on any atom is 0.290 e. The minimum Gasteiger partial charge on any atom is -0.368 e. The van der Waals surface area contributed by atoms with Crippen molar-refractivity contribution < 1.29 is 9.59 Å². The van der Waals surface area contributed by atoms with Gasteiger partial charge in [0.2, 0.25) is 11.7 Å². The summed E-state index contributed by atoms with van der Waals surface area (Å²) in [6, 6.07) is 7.67. The van der Waals surface area contributed by atoms with Crippen LogP contribution in [-0.2, 0) is 16.1 Å². The van der Waals surface area contributed by atoms with Crippen LogP contribution in [0, 0.1) is 6.92 Å². The number of nitrogens with two attached hydrogens (primary N) is 1. The van der Waals surface area contributed by atoms with Gasteiger partial charge >= 0.3 is 0 Å². The number of ketones is 1. The first kappa shape index (κ1) is 17.1. The van der Waals surface area contributed by atoms with Crippen molar-refractivity contribution in [3.05, 3.63) is 41.1 Å². The van der Waals surface area contributed by atoms with Gasteiger partial charge in [-0.05, 0) is 26.3 Å². The first-order valence-electron chi connectivity index (χ1n) is 8.49. The van der Waals surface area contributed by atoms with E-state index in [4.69, 9.17) is 5.73 Å². The molecular formula is C19H22N4O2. The molecule has 0 unspecified atom stereocenters. The van der Waals surface area contributed by atoms with Crippen LogP contribution in [0.15, 0.2) is 24.3 Å². The number of rotatable bonds is 4. The number of benzene rings is 1. The van der Waals surface area contributed by atoms with Crippen LogP contribution >= 0.6 is 0 Å². The van der Waals surface area contributed by atoms with Crippen LogP contribution in [0.25, 0.3) is 11.3 Å². The summed E-state index contributed by atoms with van der Waals surface area (Å²) in [7, 11) is 0. The van der Waals surface area contributed by atoms with E-state index in [9.17, 15) is 9.59 Å². The summed E-state index contributed by atoms with van der Waals surface area (Å²) in [6.45, 7) is 6.09. The standard InChI is InChI=1S/C19H22N4O2/c1-4-6-15(24)18(25)23-10-14-16(12(23)3)21-19(20)22-17(14)13-8-5-7-11(2)9-13/h5,7-9,12H,4,6,10H2,1-3H3,(H2,20,21,22)/t12-/m0/s1. The SMILES string of the molecule is CCCC(=O)C(=O)N1Cc2c(-c3cccc(C)c3)nc(N)nc2[C@@H]1C. The maximum absolute atomic E-state index is 12.5. The number of hydrogen-bond acceptors (Lipinski definition) is 5. The molecule has 0 aliphatic carbocycles. The fourth-order valence-corrected chi connectivity index (χ4v) is 3.25. The highest BCUT2D eigenvalue weighted by Gasteiger charge is 2.36. The van der Waals surface area contributed by atoms with Crippen molar-refractivity contribution >= 4 is 17.6 Å². The molecule has 0 spiro atoms. The number of nitrogens with zero attached hydrogens (tertiary/aromatic N) is 3. The minimum absolute atomic E-state index is 0.177. The van der Waals surface area contributed by atoms with Crippen molar-refractivity contribution in [2.45, 2.75) is 46.2 Å². The zero-order chi connectivity index (χ0) is 18.1. The summed E-state index contributed by atoms with van der Waals surface area (Å²) in [5, 5.41) is 0. The number of fused-ring (bicyclic) bond motifs is 1. The third-order valence-corrected chi connectivity index (χ3v) is 4.52. The van der Waals surface area contributed by atoms with Gasteiger partial charge in [-0.15, -0.1) is 0 Å². The van der Waals surface area contributed by atoms with Crippen molar-refractivity contribution in [3.63, 3.8) is 0 Å². The van der Waals surface area contributed by atoms with Crippen LogP contribution in [-0.4, -0.2) is 26.6 Å². The lowest BCUT2D eigenvalue weighted by atomic mass is 10.0. The Morgan fingerprint density at radius 3 is 2.76 bits per heavy atom. The monoisotopic (exact) mass is 338 g/mol. The summed E-state index contributed by atoms with van der Waals surface area (Å²) in [6.07, 6.45) is 0.915. The average Bonchev–Trinajstić information content (AvgIpc) is 2.90. The molecule has 1 aromatic carbocycles. The molecule has 1 atom stereocenters. The van der Waals surface area contributed by atoms with Crippen molar-refractivity contribution in [1.29, 1.82) is 0 Å². The molecule has 3 rings (SSSR count). The van der Waals surface area contributed by atoms with Gasteiger partial charge in [0, 0.05) is 17.5 Å². The Bertz CT molecular complexity index is 847. The number of carbonyl (C=O) groups excluding carboxylic acids is 2. The van der Waals surface area contributed by atoms with E-state index in [1.807, 2.05) is 45.0 Å². The van der Waals surface area contributed by atoms with E-state index in [1.54, 1.807) is 4.90 Å². The van der Waals surface area contributed by atoms with E-state index in [0.29, 0.717) is 13.0 Å². The second-order valence-corrected chi connectivity index (χ2v) is 6.45. The molecule has 6 heteroatoms. The Morgan fingerprint density at radius 1 is 1.32 bits per heavy atom. The Balaban J connectivity index is 2.03. The van der Waals surface area contributed by atoms with Gasteiger partial charge in [0.05, 0.1) is 24.0 Å². The number of anilines is 1. The molecule has 1 aliphatic heterocycles. The van der Waals surface area contributed by atoms with Crippen molar-refractivity contribution in [1.82, 2.24) is 14.9 Å². The van der Waals surface area contributed by atoms with E-state index in [0.717, 1.165) is 28.1 Å². The van der Waals surface area contributed by atoms with E-state index in [1.165, 1.54) is 0 Å². The quantitative estimate of drug-likeness (QED) is 0.866. The molecule has 1 aliphatic rings.